The molecule has 0 atom stereocenters. The van der Waals surface area contributed by atoms with Gasteiger partial charge in [0.25, 0.3) is 5.56 Å². The fraction of sp³-hybridized carbons (Fsp3) is 0.333. The molecule has 1 fully saturated rings. The van der Waals surface area contributed by atoms with Crippen molar-refractivity contribution < 1.29 is 5.11 Å². The Morgan fingerprint density at radius 1 is 1.20 bits per heavy atom. The molecule has 2 aromatic rings. The molecule has 1 aromatic carbocycles. The van der Waals surface area contributed by atoms with E-state index in [1.807, 2.05) is 24.3 Å². The van der Waals surface area contributed by atoms with Gasteiger partial charge in [-0.15, -0.1) is 0 Å². The Hall–Kier alpha value is -1.62. The highest BCUT2D eigenvalue weighted by Crippen LogP contribution is 2.35. The van der Waals surface area contributed by atoms with Crippen LogP contribution in [0.5, 0.6) is 5.88 Å². The minimum atomic E-state index is -0.220. The van der Waals surface area contributed by atoms with Crippen LogP contribution in [0.4, 0.5) is 0 Å². The Bertz CT molecular complexity index is 673. The highest BCUT2D eigenvalue weighted by Gasteiger charge is 2.24. The number of H-pyrrole nitrogens is 1. The summed E-state index contributed by atoms with van der Waals surface area (Å²) in [4.78, 5) is 19.2. The van der Waals surface area contributed by atoms with Gasteiger partial charge >= 0.3 is 0 Å². The smallest absolute Gasteiger partial charge is 0.258 e. The summed E-state index contributed by atoms with van der Waals surface area (Å²) >= 11 is 3.36. The predicted molar refractivity (Wildman–Crippen MR) is 80.9 cm³/mol. The van der Waals surface area contributed by atoms with E-state index in [9.17, 15) is 9.90 Å². The van der Waals surface area contributed by atoms with Gasteiger partial charge in [0.15, 0.2) is 0 Å². The number of aromatic nitrogens is 2. The van der Waals surface area contributed by atoms with Crippen molar-refractivity contribution in [2.75, 3.05) is 0 Å². The summed E-state index contributed by atoms with van der Waals surface area (Å²) < 4.78 is 0.954. The quantitative estimate of drug-likeness (QED) is 0.882. The van der Waals surface area contributed by atoms with Crippen molar-refractivity contribution in [2.45, 2.75) is 31.6 Å². The fourth-order valence-electron chi connectivity index (χ4n) is 2.80. The second-order valence-electron chi connectivity index (χ2n) is 5.14. The number of aromatic amines is 1. The van der Waals surface area contributed by atoms with E-state index in [0.717, 1.165) is 35.7 Å². The zero-order valence-corrected chi connectivity index (χ0v) is 12.5. The molecule has 0 amide bonds. The van der Waals surface area contributed by atoms with Gasteiger partial charge < -0.3 is 10.1 Å². The maximum absolute atomic E-state index is 12.2. The molecule has 1 aliphatic rings. The first kappa shape index (κ1) is 13.4. The van der Waals surface area contributed by atoms with E-state index in [4.69, 9.17) is 0 Å². The molecule has 104 valence electrons. The summed E-state index contributed by atoms with van der Waals surface area (Å²) in [6, 6.07) is 7.43. The first-order chi connectivity index (χ1) is 9.65. The maximum Gasteiger partial charge on any atom is 0.258 e. The number of nitrogens with one attached hydrogen (secondary N) is 1. The molecular weight excluding hydrogens is 320 g/mol. The van der Waals surface area contributed by atoms with Gasteiger partial charge in [-0.3, -0.25) is 4.79 Å². The van der Waals surface area contributed by atoms with Crippen LogP contribution < -0.4 is 5.56 Å². The van der Waals surface area contributed by atoms with Gasteiger partial charge in [0, 0.05) is 10.0 Å². The Kier molecular flexibility index (Phi) is 3.61. The van der Waals surface area contributed by atoms with E-state index in [1.165, 1.54) is 0 Å². The SMILES string of the molecule is O=c1[nH]c(-c2ccc(Br)cc2)nc(O)c1C1CCCC1. The molecule has 0 spiro atoms. The highest BCUT2D eigenvalue weighted by molar-refractivity contribution is 9.10. The van der Waals surface area contributed by atoms with E-state index in [1.54, 1.807) is 0 Å². The molecule has 1 aliphatic carbocycles. The molecule has 2 N–H and O–H groups in total. The Balaban J connectivity index is 2.03. The Morgan fingerprint density at radius 3 is 2.45 bits per heavy atom. The Labute approximate surface area is 125 Å². The molecule has 0 saturated heterocycles. The third kappa shape index (κ3) is 2.50. The van der Waals surface area contributed by atoms with Gasteiger partial charge in [-0.2, -0.15) is 4.98 Å². The first-order valence-electron chi connectivity index (χ1n) is 6.74. The van der Waals surface area contributed by atoms with Crippen LogP contribution in [-0.4, -0.2) is 15.1 Å². The summed E-state index contributed by atoms with van der Waals surface area (Å²) in [5, 5.41) is 10.1. The average molecular weight is 335 g/mol. The fourth-order valence-corrected chi connectivity index (χ4v) is 3.06. The van der Waals surface area contributed by atoms with Crippen LogP contribution in [0.1, 0.15) is 37.2 Å². The lowest BCUT2D eigenvalue weighted by molar-refractivity contribution is 0.436. The van der Waals surface area contributed by atoms with Crippen molar-refractivity contribution in [1.82, 2.24) is 9.97 Å². The van der Waals surface area contributed by atoms with Crippen LogP contribution in [0.25, 0.3) is 11.4 Å². The molecule has 3 rings (SSSR count). The van der Waals surface area contributed by atoms with Crippen molar-refractivity contribution in [3.63, 3.8) is 0 Å². The van der Waals surface area contributed by atoms with E-state index in [0.29, 0.717) is 11.4 Å². The second kappa shape index (κ2) is 5.40. The number of hydrogen-bond donors (Lipinski definition) is 2. The second-order valence-corrected chi connectivity index (χ2v) is 6.06. The number of hydrogen-bond acceptors (Lipinski definition) is 3. The van der Waals surface area contributed by atoms with E-state index < -0.39 is 0 Å². The van der Waals surface area contributed by atoms with Crippen LogP contribution in [0.2, 0.25) is 0 Å². The summed E-state index contributed by atoms with van der Waals surface area (Å²) in [5.74, 6) is 0.422. The average Bonchev–Trinajstić information content (AvgIpc) is 2.92. The molecule has 0 radical (unpaired) electrons. The minimum absolute atomic E-state index is 0.126. The third-order valence-corrected chi connectivity index (χ3v) is 4.34. The number of nitrogens with zero attached hydrogens (tertiary/aromatic N) is 1. The number of rotatable bonds is 2. The van der Waals surface area contributed by atoms with Crippen molar-refractivity contribution in [2.24, 2.45) is 0 Å². The molecule has 4 nitrogen and oxygen atoms in total. The summed E-state index contributed by atoms with van der Waals surface area (Å²) in [5.41, 5.74) is 1.00. The third-order valence-electron chi connectivity index (χ3n) is 3.82. The molecule has 5 heteroatoms. The lowest BCUT2D eigenvalue weighted by Crippen LogP contribution is -2.17. The molecule has 0 unspecified atom stereocenters. The minimum Gasteiger partial charge on any atom is -0.493 e. The van der Waals surface area contributed by atoms with Crippen LogP contribution in [0.15, 0.2) is 33.5 Å². The van der Waals surface area contributed by atoms with Crippen LogP contribution in [-0.2, 0) is 0 Å². The van der Waals surface area contributed by atoms with Gasteiger partial charge in [-0.1, -0.05) is 40.9 Å². The van der Waals surface area contributed by atoms with Gasteiger partial charge in [-0.25, -0.2) is 0 Å². The van der Waals surface area contributed by atoms with E-state index >= 15 is 0 Å². The number of benzene rings is 1. The van der Waals surface area contributed by atoms with Crippen molar-refractivity contribution >= 4 is 15.9 Å². The zero-order valence-electron chi connectivity index (χ0n) is 10.9. The van der Waals surface area contributed by atoms with Crippen molar-refractivity contribution in [3.8, 4) is 17.3 Å². The van der Waals surface area contributed by atoms with E-state index in [2.05, 4.69) is 25.9 Å². The van der Waals surface area contributed by atoms with Gasteiger partial charge in [-0.05, 0) is 30.9 Å². The molecule has 1 aromatic heterocycles. The number of halogens is 1. The van der Waals surface area contributed by atoms with Crippen LogP contribution in [0.3, 0.4) is 0 Å². The summed E-state index contributed by atoms with van der Waals surface area (Å²) in [6.07, 6.45) is 4.13. The van der Waals surface area contributed by atoms with Crippen LogP contribution >= 0.6 is 15.9 Å². The predicted octanol–water partition coefficient (Wildman–Crippen LogP) is 3.56. The monoisotopic (exact) mass is 334 g/mol. The first-order valence-corrected chi connectivity index (χ1v) is 7.53. The van der Waals surface area contributed by atoms with Crippen LogP contribution in [0, 0.1) is 0 Å². The maximum atomic E-state index is 12.2. The topological polar surface area (TPSA) is 66.0 Å². The molecule has 0 aliphatic heterocycles. The molecule has 1 heterocycles. The van der Waals surface area contributed by atoms with E-state index in [-0.39, 0.29) is 17.4 Å². The van der Waals surface area contributed by atoms with Gasteiger partial charge in [0.2, 0.25) is 5.88 Å². The summed E-state index contributed by atoms with van der Waals surface area (Å²) in [7, 11) is 0. The zero-order chi connectivity index (χ0) is 14.1. The van der Waals surface area contributed by atoms with Crippen molar-refractivity contribution in [3.05, 3.63) is 44.7 Å². The number of aromatic hydroxyl groups is 1. The van der Waals surface area contributed by atoms with Crippen molar-refractivity contribution in [1.29, 1.82) is 0 Å². The van der Waals surface area contributed by atoms with Gasteiger partial charge in [0.1, 0.15) is 5.82 Å². The molecular formula is C15H15BrN2O2. The lowest BCUT2D eigenvalue weighted by atomic mass is 10.00. The lowest BCUT2D eigenvalue weighted by Gasteiger charge is -2.11. The normalized spacial score (nSPS) is 15.7. The standard InChI is InChI=1S/C15H15BrN2O2/c16-11-7-5-10(6-8-11)13-17-14(19)12(15(20)18-13)9-3-1-2-4-9/h5-9H,1-4H2,(H2,17,18,19,20). The molecule has 1 saturated carbocycles. The molecule has 20 heavy (non-hydrogen) atoms. The molecule has 0 bridgehead atoms. The highest BCUT2D eigenvalue weighted by atomic mass is 79.9. The van der Waals surface area contributed by atoms with Gasteiger partial charge in [0.05, 0.1) is 5.56 Å². The Morgan fingerprint density at radius 2 is 1.85 bits per heavy atom. The summed E-state index contributed by atoms with van der Waals surface area (Å²) in [6.45, 7) is 0. The largest absolute Gasteiger partial charge is 0.493 e.